The molecule has 4 amide bonds. The number of amides is 4. The molecule has 0 aliphatic heterocycles. The fraction of sp³-hybridized carbons (Fsp3) is 0.750. The molecule has 0 aromatic carbocycles. The van der Waals surface area contributed by atoms with Gasteiger partial charge in [-0.1, -0.05) is 27.7 Å². The Morgan fingerprint density at radius 1 is 0.844 bits per heavy atom. The van der Waals surface area contributed by atoms with Gasteiger partial charge in [0.05, 0.1) is 12.1 Å². The van der Waals surface area contributed by atoms with Crippen LogP contribution in [0.2, 0.25) is 0 Å². The molecule has 0 fully saturated rings. The average Bonchev–Trinajstić information content (AvgIpc) is 2.65. The van der Waals surface area contributed by atoms with Gasteiger partial charge in [0.1, 0.15) is 12.1 Å². The van der Waals surface area contributed by atoms with E-state index in [1.807, 2.05) is 13.8 Å². The van der Waals surface area contributed by atoms with Crippen LogP contribution in [0, 0.1) is 11.8 Å². The van der Waals surface area contributed by atoms with Gasteiger partial charge in [-0.15, -0.1) is 0 Å². The number of primary amides is 1. The van der Waals surface area contributed by atoms with Gasteiger partial charge in [0.2, 0.25) is 23.6 Å². The number of rotatable bonds is 14. The molecule has 0 bridgehead atoms. The number of aliphatic hydroxyl groups excluding tert-OH is 1. The molecular formula is C20H37N5O7. The first-order valence-electron chi connectivity index (χ1n) is 10.5. The van der Waals surface area contributed by atoms with Crippen molar-refractivity contribution in [3.05, 3.63) is 0 Å². The number of aliphatic hydroxyl groups is 1. The van der Waals surface area contributed by atoms with Gasteiger partial charge in [-0.05, 0) is 31.6 Å². The summed E-state index contributed by atoms with van der Waals surface area (Å²) in [6.07, 6.45) is -1.46. The predicted octanol–water partition coefficient (Wildman–Crippen LogP) is -1.80. The molecule has 32 heavy (non-hydrogen) atoms. The molecule has 0 saturated carbocycles. The Morgan fingerprint density at radius 2 is 1.38 bits per heavy atom. The molecule has 12 nitrogen and oxygen atoms in total. The van der Waals surface area contributed by atoms with Crippen LogP contribution in [0.15, 0.2) is 0 Å². The van der Waals surface area contributed by atoms with Crippen LogP contribution in [0.3, 0.4) is 0 Å². The zero-order chi connectivity index (χ0) is 25.2. The Labute approximate surface area is 187 Å². The molecule has 0 heterocycles. The predicted molar refractivity (Wildman–Crippen MR) is 116 cm³/mol. The highest BCUT2D eigenvalue weighted by Crippen LogP contribution is 2.08. The third-order valence-electron chi connectivity index (χ3n) is 4.67. The first-order valence-corrected chi connectivity index (χ1v) is 10.5. The summed E-state index contributed by atoms with van der Waals surface area (Å²) >= 11 is 0. The summed E-state index contributed by atoms with van der Waals surface area (Å²) in [6.45, 7) is 8.36. The van der Waals surface area contributed by atoms with E-state index in [-0.39, 0.29) is 24.7 Å². The van der Waals surface area contributed by atoms with Crippen molar-refractivity contribution in [2.45, 2.75) is 84.2 Å². The molecule has 0 rings (SSSR count). The monoisotopic (exact) mass is 459 g/mol. The summed E-state index contributed by atoms with van der Waals surface area (Å²) < 4.78 is 0. The second-order valence-electron chi connectivity index (χ2n) is 8.60. The van der Waals surface area contributed by atoms with E-state index in [1.54, 1.807) is 13.8 Å². The highest BCUT2D eigenvalue weighted by Gasteiger charge is 2.33. The summed E-state index contributed by atoms with van der Waals surface area (Å²) in [6, 6.07) is -4.79. The van der Waals surface area contributed by atoms with E-state index in [2.05, 4.69) is 16.0 Å². The molecule has 0 aromatic rings. The lowest BCUT2D eigenvalue weighted by Gasteiger charge is -2.27. The van der Waals surface area contributed by atoms with Crippen LogP contribution in [0.25, 0.3) is 0 Å². The smallest absolute Gasteiger partial charge is 0.328 e. The topological polar surface area (TPSA) is 214 Å². The number of aliphatic carboxylic acids is 1. The van der Waals surface area contributed by atoms with Gasteiger partial charge in [0, 0.05) is 6.42 Å². The summed E-state index contributed by atoms with van der Waals surface area (Å²) in [7, 11) is 0. The van der Waals surface area contributed by atoms with Crippen molar-refractivity contribution in [1.29, 1.82) is 0 Å². The van der Waals surface area contributed by atoms with Crippen LogP contribution in [-0.4, -0.2) is 70.1 Å². The second-order valence-corrected chi connectivity index (χ2v) is 8.60. The number of carbonyl (C=O) groups is 5. The highest BCUT2D eigenvalue weighted by atomic mass is 16.4. The van der Waals surface area contributed by atoms with Gasteiger partial charge in [-0.2, -0.15) is 0 Å². The lowest BCUT2D eigenvalue weighted by atomic mass is 9.99. The van der Waals surface area contributed by atoms with E-state index < -0.39 is 59.9 Å². The van der Waals surface area contributed by atoms with Crippen molar-refractivity contribution < 1.29 is 34.2 Å². The van der Waals surface area contributed by atoms with Crippen molar-refractivity contribution in [2.75, 3.05) is 0 Å². The van der Waals surface area contributed by atoms with Crippen molar-refractivity contribution in [1.82, 2.24) is 16.0 Å². The second kappa shape index (κ2) is 13.6. The minimum absolute atomic E-state index is 0.167. The largest absolute Gasteiger partial charge is 0.480 e. The van der Waals surface area contributed by atoms with Gasteiger partial charge < -0.3 is 37.6 Å². The van der Waals surface area contributed by atoms with E-state index in [1.165, 1.54) is 6.92 Å². The molecule has 0 aromatic heterocycles. The maximum absolute atomic E-state index is 12.8. The Kier molecular flexibility index (Phi) is 12.5. The standard InChI is InChI=1S/C20H37N5O7/c1-9(2)8-12(21)17(28)24-15(10(3)4)19(30)23-13(6-7-14(22)27)18(29)25-16(11(5)26)20(31)32/h9-13,15-16,26H,6-8,21H2,1-5H3,(H2,22,27)(H,23,30)(H,24,28)(H,25,29)(H,31,32). The van der Waals surface area contributed by atoms with E-state index >= 15 is 0 Å². The van der Waals surface area contributed by atoms with Crippen molar-refractivity contribution >= 4 is 29.6 Å². The Balaban J connectivity index is 5.48. The molecule has 184 valence electrons. The van der Waals surface area contributed by atoms with E-state index in [0.717, 1.165) is 0 Å². The van der Waals surface area contributed by atoms with E-state index in [0.29, 0.717) is 6.42 Å². The zero-order valence-electron chi connectivity index (χ0n) is 19.3. The Hall–Kier alpha value is -2.73. The first kappa shape index (κ1) is 29.3. The molecule has 0 radical (unpaired) electrons. The quantitative estimate of drug-likeness (QED) is 0.157. The SMILES string of the molecule is CC(C)CC(N)C(=O)NC(C(=O)NC(CCC(N)=O)C(=O)NC(C(=O)O)C(C)O)C(C)C. The number of nitrogens with two attached hydrogens (primary N) is 2. The number of carboxylic acids is 1. The van der Waals surface area contributed by atoms with Gasteiger partial charge in [-0.25, -0.2) is 4.79 Å². The van der Waals surface area contributed by atoms with Gasteiger partial charge in [0.25, 0.3) is 0 Å². The summed E-state index contributed by atoms with van der Waals surface area (Å²) in [5.41, 5.74) is 11.0. The van der Waals surface area contributed by atoms with Crippen LogP contribution in [0.4, 0.5) is 0 Å². The summed E-state index contributed by atoms with van der Waals surface area (Å²) in [5.74, 6) is -4.55. The Morgan fingerprint density at radius 3 is 1.78 bits per heavy atom. The maximum atomic E-state index is 12.8. The molecule has 9 N–H and O–H groups in total. The Bertz CT molecular complexity index is 681. The summed E-state index contributed by atoms with van der Waals surface area (Å²) in [4.78, 5) is 60.2. The van der Waals surface area contributed by atoms with Crippen LogP contribution in [-0.2, 0) is 24.0 Å². The number of nitrogens with one attached hydrogen (secondary N) is 3. The van der Waals surface area contributed by atoms with Crippen LogP contribution < -0.4 is 27.4 Å². The molecule has 5 unspecified atom stereocenters. The van der Waals surface area contributed by atoms with Crippen LogP contribution >= 0.6 is 0 Å². The molecule has 12 heteroatoms. The molecule has 0 saturated heterocycles. The fourth-order valence-corrected chi connectivity index (χ4v) is 2.87. The highest BCUT2D eigenvalue weighted by molar-refractivity contribution is 5.94. The number of hydrogen-bond donors (Lipinski definition) is 7. The zero-order valence-corrected chi connectivity index (χ0v) is 19.3. The van der Waals surface area contributed by atoms with E-state index in [4.69, 9.17) is 16.6 Å². The molecule has 0 spiro atoms. The number of carboxylic acid groups (broad SMARTS) is 1. The van der Waals surface area contributed by atoms with E-state index in [9.17, 15) is 29.1 Å². The third-order valence-corrected chi connectivity index (χ3v) is 4.67. The minimum atomic E-state index is -1.62. The van der Waals surface area contributed by atoms with Gasteiger partial charge in [-0.3, -0.25) is 19.2 Å². The third kappa shape index (κ3) is 10.5. The fourth-order valence-electron chi connectivity index (χ4n) is 2.87. The molecule has 5 atom stereocenters. The summed E-state index contributed by atoms with van der Waals surface area (Å²) in [5, 5.41) is 25.9. The minimum Gasteiger partial charge on any atom is -0.480 e. The lowest BCUT2D eigenvalue weighted by molar-refractivity contribution is -0.145. The van der Waals surface area contributed by atoms with Crippen LogP contribution in [0.1, 0.15) is 53.9 Å². The van der Waals surface area contributed by atoms with Crippen molar-refractivity contribution in [2.24, 2.45) is 23.3 Å². The van der Waals surface area contributed by atoms with Crippen molar-refractivity contribution in [3.63, 3.8) is 0 Å². The van der Waals surface area contributed by atoms with Gasteiger partial charge in [0.15, 0.2) is 6.04 Å². The van der Waals surface area contributed by atoms with Crippen LogP contribution in [0.5, 0.6) is 0 Å². The molecule has 0 aliphatic carbocycles. The van der Waals surface area contributed by atoms with Gasteiger partial charge >= 0.3 is 5.97 Å². The molecule has 0 aliphatic rings. The lowest BCUT2D eigenvalue weighted by Crippen LogP contribution is -2.59. The molecular weight excluding hydrogens is 422 g/mol. The van der Waals surface area contributed by atoms with Crippen molar-refractivity contribution in [3.8, 4) is 0 Å². The number of carbonyl (C=O) groups excluding carboxylic acids is 4. The normalized spacial score (nSPS) is 15.9. The average molecular weight is 460 g/mol. The number of hydrogen-bond acceptors (Lipinski definition) is 7. The maximum Gasteiger partial charge on any atom is 0.328 e. The first-order chi connectivity index (χ1) is 14.7.